The lowest BCUT2D eigenvalue weighted by atomic mass is 10.0. The highest BCUT2D eigenvalue weighted by atomic mass is 16.7. The van der Waals surface area contributed by atoms with Crippen LogP contribution in [0.15, 0.2) is 18.2 Å². The van der Waals surface area contributed by atoms with Gasteiger partial charge < -0.3 is 9.47 Å². The highest BCUT2D eigenvalue weighted by Crippen LogP contribution is 2.35. The first kappa shape index (κ1) is 11.6. The van der Waals surface area contributed by atoms with Crippen LogP contribution >= 0.6 is 0 Å². The SMILES string of the molecule is O=[N+]([O-])c1ccc2c(c1)CCC1(CC2)OCCO1. The second-order valence-electron chi connectivity index (χ2n) is 4.82. The van der Waals surface area contributed by atoms with Crippen molar-refractivity contribution in [1.29, 1.82) is 0 Å². The van der Waals surface area contributed by atoms with E-state index in [1.54, 1.807) is 12.1 Å². The van der Waals surface area contributed by atoms with Gasteiger partial charge in [-0.1, -0.05) is 6.07 Å². The minimum atomic E-state index is -0.451. The van der Waals surface area contributed by atoms with Gasteiger partial charge in [0.25, 0.3) is 5.69 Å². The molecule has 0 saturated carbocycles. The molecule has 0 unspecified atom stereocenters. The number of fused-ring (bicyclic) bond motifs is 1. The maximum absolute atomic E-state index is 10.8. The lowest BCUT2D eigenvalue weighted by Crippen LogP contribution is -2.30. The van der Waals surface area contributed by atoms with Crippen molar-refractivity contribution in [2.45, 2.75) is 31.5 Å². The zero-order chi connectivity index (χ0) is 12.6. The number of rotatable bonds is 1. The Morgan fingerprint density at radius 1 is 1.11 bits per heavy atom. The highest BCUT2D eigenvalue weighted by Gasteiger charge is 2.37. The zero-order valence-corrected chi connectivity index (χ0v) is 10.1. The Morgan fingerprint density at radius 2 is 1.78 bits per heavy atom. The van der Waals surface area contributed by atoms with Crippen molar-refractivity contribution < 1.29 is 14.4 Å². The first-order valence-corrected chi connectivity index (χ1v) is 6.23. The van der Waals surface area contributed by atoms with Crippen LogP contribution in [0.2, 0.25) is 0 Å². The fraction of sp³-hybridized carbons (Fsp3) is 0.538. The Bertz CT molecular complexity index is 480. The van der Waals surface area contributed by atoms with Crippen LogP contribution < -0.4 is 0 Å². The second kappa shape index (κ2) is 4.33. The summed E-state index contributed by atoms with van der Waals surface area (Å²) >= 11 is 0. The van der Waals surface area contributed by atoms with Crippen molar-refractivity contribution in [2.24, 2.45) is 0 Å². The molecule has 1 aromatic carbocycles. The molecule has 0 atom stereocenters. The van der Waals surface area contributed by atoms with Gasteiger partial charge in [-0.25, -0.2) is 0 Å². The predicted molar refractivity (Wildman–Crippen MR) is 64.4 cm³/mol. The molecule has 96 valence electrons. The van der Waals surface area contributed by atoms with Crippen molar-refractivity contribution >= 4 is 5.69 Å². The van der Waals surface area contributed by atoms with Gasteiger partial charge in [0.1, 0.15) is 0 Å². The summed E-state index contributed by atoms with van der Waals surface area (Å²) < 4.78 is 11.4. The van der Waals surface area contributed by atoms with Gasteiger partial charge in [0.15, 0.2) is 5.79 Å². The minimum Gasteiger partial charge on any atom is -0.348 e. The lowest BCUT2D eigenvalue weighted by Gasteiger charge is -2.25. The molecule has 1 saturated heterocycles. The molecule has 1 aromatic rings. The maximum atomic E-state index is 10.8. The molecule has 3 rings (SSSR count). The van der Waals surface area contributed by atoms with Crippen molar-refractivity contribution in [1.82, 2.24) is 0 Å². The Balaban J connectivity index is 1.87. The quantitative estimate of drug-likeness (QED) is 0.565. The van der Waals surface area contributed by atoms with Gasteiger partial charge in [-0.05, 0) is 24.0 Å². The average molecular weight is 249 g/mol. The molecule has 1 heterocycles. The number of nitro groups is 1. The van der Waals surface area contributed by atoms with Gasteiger partial charge in [0.05, 0.1) is 18.1 Å². The normalized spacial score (nSPS) is 21.6. The summed E-state index contributed by atoms with van der Waals surface area (Å²) in [6.45, 7) is 1.30. The average Bonchev–Trinajstić information content (AvgIpc) is 2.75. The van der Waals surface area contributed by atoms with E-state index in [0.717, 1.165) is 31.2 Å². The first-order valence-electron chi connectivity index (χ1n) is 6.23. The predicted octanol–water partition coefficient (Wildman–Crippen LogP) is 2.22. The molecular formula is C13H15NO4. The molecule has 5 heteroatoms. The fourth-order valence-electron chi connectivity index (χ4n) is 2.76. The summed E-state index contributed by atoms with van der Waals surface area (Å²) in [5, 5.41) is 10.8. The summed E-state index contributed by atoms with van der Waals surface area (Å²) in [6.07, 6.45) is 3.24. The number of hydrogen-bond donors (Lipinski definition) is 0. The molecule has 0 radical (unpaired) electrons. The summed E-state index contributed by atoms with van der Waals surface area (Å²) in [5.74, 6) is -0.451. The van der Waals surface area contributed by atoms with E-state index in [-0.39, 0.29) is 10.6 Å². The van der Waals surface area contributed by atoms with Crippen LogP contribution in [0.5, 0.6) is 0 Å². The molecule has 1 aliphatic heterocycles. The minimum absolute atomic E-state index is 0.165. The van der Waals surface area contributed by atoms with Gasteiger partial charge in [0.2, 0.25) is 0 Å². The van der Waals surface area contributed by atoms with Gasteiger partial charge in [-0.15, -0.1) is 0 Å². The third-order valence-corrected chi connectivity index (χ3v) is 3.76. The summed E-state index contributed by atoms with van der Waals surface area (Å²) in [4.78, 5) is 10.4. The Kier molecular flexibility index (Phi) is 2.80. The number of non-ortho nitro benzene ring substituents is 1. The first-order chi connectivity index (χ1) is 8.69. The molecule has 0 aromatic heterocycles. The van der Waals surface area contributed by atoms with Crippen molar-refractivity contribution in [3.8, 4) is 0 Å². The van der Waals surface area contributed by atoms with Crippen LogP contribution in [0.3, 0.4) is 0 Å². The lowest BCUT2D eigenvalue weighted by molar-refractivity contribution is -0.384. The van der Waals surface area contributed by atoms with E-state index in [2.05, 4.69) is 0 Å². The molecule has 5 nitrogen and oxygen atoms in total. The summed E-state index contributed by atoms with van der Waals surface area (Å²) in [6, 6.07) is 5.12. The molecule has 1 aliphatic carbocycles. The fourth-order valence-corrected chi connectivity index (χ4v) is 2.76. The third kappa shape index (κ3) is 2.00. The van der Waals surface area contributed by atoms with Crippen LogP contribution in [0, 0.1) is 10.1 Å². The molecule has 1 fully saturated rings. The molecule has 0 amide bonds. The highest BCUT2D eigenvalue weighted by molar-refractivity contribution is 5.40. The topological polar surface area (TPSA) is 61.6 Å². The molecule has 0 bridgehead atoms. The molecular weight excluding hydrogens is 234 g/mol. The van der Waals surface area contributed by atoms with E-state index >= 15 is 0 Å². The van der Waals surface area contributed by atoms with E-state index in [1.807, 2.05) is 6.07 Å². The third-order valence-electron chi connectivity index (χ3n) is 3.76. The molecule has 2 aliphatic rings. The second-order valence-corrected chi connectivity index (χ2v) is 4.82. The van der Waals surface area contributed by atoms with Crippen LogP contribution in [0.25, 0.3) is 0 Å². The molecule has 1 spiro atoms. The van der Waals surface area contributed by atoms with Gasteiger partial charge in [-0.3, -0.25) is 10.1 Å². The van der Waals surface area contributed by atoms with E-state index in [9.17, 15) is 10.1 Å². The van der Waals surface area contributed by atoms with Gasteiger partial charge in [-0.2, -0.15) is 0 Å². The number of aryl methyl sites for hydroxylation is 2. The van der Waals surface area contributed by atoms with Crippen LogP contribution in [0.1, 0.15) is 24.0 Å². The van der Waals surface area contributed by atoms with Gasteiger partial charge in [0, 0.05) is 25.0 Å². The van der Waals surface area contributed by atoms with E-state index in [1.165, 1.54) is 5.56 Å². The number of nitro benzene ring substituents is 1. The summed E-state index contributed by atoms with van der Waals surface area (Å²) in [7, 11) is 0. The standard InChI is InChI=1S/C13H15NO4/c15-14(16)12-2-1-10-3-5-13(17-7-8-18-13)6-4-11(10)9-12/h1-2,9H,3-8H2. The molecule has 18 heavy (non-hydrogen) atoms. The summed E-state index contributed by atoms with van der Waals surface area (Å²) in [5.41, 5.74) is 2.40. The van der Waals surface area contributed by atoms with Crippen LogP contribution in [-0.2, 0) is 22.3 Å². The smallest absolute Gasteiger partial charge is 0.269 e. The zero-order valence-electron chi connectivity index (χ0n) is 10.1. The number of nitrogens with zero attached hydrogens (tertiary/aromatic N) is 1. The number of hydrogen-bond acceptors (Lipinski definition) is 4. The number of ether oxygens (including phenoxy) is 2. The Hall–Kier alpha value is -1.46. The largest absolute Gasteiger partial charge is 0.348 e. The van der Waals surface area contributed by atoms with Crippen LogP contribution in [-0.4, -0.2) is 23.9 Å². The Morgan fingerprint density at radius 3 is 2.44 bits per heavy atom. The van der Waals surface area contributed by atoms with Crippen molar-refractivity contribution in [3.63, 3.8) is 0 Å². The van der Waals surface area contributed by atoms with E-state index in [4.69, 9.17) is 9.47 Å². The number of benzene rings is 1. The monoisotopic (exact) mass is 249 g/mol. The van der Waals surface area contributed by atoms with Crippen molar-refractivity contribution in [3.05, 3.63) is 39.4 Å². The van der Waals surface area contributed by atoms with E-state index < -0.39 is 5.79 Å². The van der Waals surface area contributed by atoms with Crippen molar-refractivity contribution in [2.75, 3.05) is 13.2 Å². The Labute approximate surface area is 105 Å². The van der Waals surface area contributed by atoms with Gasteiger partial charge >= 0.3 is 0 Å². The maximum Gasteiger partial charge on any atom is 0.269 e. The van der Waals surface area contributed by atoms with Crippen LogP contribution in [0.4, 0.5) is 5.69 Å². The van der Waals surface area contributed by atoms with E-state index in [0.29, 0.717) is 13.2 Å². The molecule has 0 N–H and O–H groups in total.